The third kappa shape index (κ3) is 4.81. The van der Waals surface area contributed by atoms with E-state index in [-0.39, 0.29) is 17.8 Å². The molecule has 2 N–H and O–H groups in total. The summed E-state index contributed by atoms with van der Waals surface area (Å²) in [5, 5.41) is 1.90. The Kier molecular flexibility index (Phi) is 6.33. The number of piperazine rings is 1. The van der Waals surface area contributed by atoms with Crippen LogP contribution in [0.15, 0.2) is 53.4 Å². The topological polar surface area (TPSA) is 113 Å². The lowest BCUT2D eigenvalue weighted by Crippen LogP contribution is -2.52. The fourth-order valence-corrected chi connectivity index (χ4v) is 6.43. The first-order chi connectivity index (χ1) is 16.8. The summed E-state index contributed by atoms with van der Waals surface area (Å²) in [4.78, 5) is 25.9. The van der Waals surface area contributed by atoms with E-state index < -0.39 is 10.0 Å². The molecule has 0 atom stereocenters. The summed E-state index contributed by atoms with van der Waals surface area (Å²) in [6, 6.07) is 14.8. The summed E-state index contributed by atoms with van der Waals surface area (Å²) in [5.74, 6) is 1.11. The standard InChI is InChI=1S/C25H30N6O3S/c1-18-16-23(28-25(26)27-18)29-10-8-20(9-11-29)24(32)30-12-14-31(15-13-30)35(33,34)22-7-6-19-4-2-3-5-21(19)17-22/h2-7,16-17,20H,8-15H2,1H3,(H2,26,27,28). The number of nitrogen functional groups attached to an aromatic ring is 1. The van der Waals surface area contributed by atoms with Gasteiger partial charge in [0.25, 0.3) is 0 Å². The number of anilines is 2. The molecule has 10 heteroatoms. The highest BCUT2D eigenvalue weighted by atomic mass is 32.2. The van der Waals surface area contributed by atoms with Gasteiger partial charge in [-0.3, -0.25) is 4.79 Å². The summed E-state index contributed by atoms with van der Waals surface area (Å²) in [5.41, 5.74) is 6.61. The molecule has 1 amide bonds. The van der Waals surface area contributed by atoms with Gasteiger partial charge in [0.1, 0.15) is 5.82 Å². The molecule has 2 aliphatic rings. The Hall–Kier alpha value is -3.24. The van der Waals surface area contributed by atoms with E-state index in [1.807, 2.05) is 48.2 Å². The van der Waals surface area contributed by atoms with E-state index in [9.17, 15) is 13.2 Å². The number of nitrogens with two attached hydrogens (primary N) is 1. The minimum atomic E-state index is -3.61. The van der Waals surface area contributed by atoms with Crippen LogP contribution in [-0.4, -0.2) is 72.8 Å². The number of aromatic nitrogens is 2. The number of carbonyl (C=O) groups is 1. The number of amides is 1. The first kappa shape index (κ1) is 23.5. The van der Waals surface area contributed by atoms with Crippen LogP contribution in [0.5, 0.6) is 0 Å². The summed E-state index contributed by atoms with van der Waals surface area (Å²) in [6.07, 6.45) is 1.47. The molecule has 0 bridgehead atoms. The van der Waals surface area contributed by atoms with Crippen LogP contribution < -0.4 is 10.6 Å². The molecular formula is C25H30N6O3S. The van der Waals surface area contributed by atoms with Crippen molar-refractivity contribution >= 4 is 38.5 Å². The van der Waals surface area contributed by atoms with Gasteiger partial charge >= 0.3 is 0 Å². The number of hydrogen-bond donors (Lipinski definition) is 1. The van der Waals surface area contributed by atoms with E-state index in [1.165, 1.54) is 4.31 Å². The highest BCUT2D eigenvalue weighted by Gasteiger charge is 2.34. The Balaban J connectivity index is 1.18. The van der Waals surface area contributed by atoms with Crippen molar-refractivity contribution in [3.8, 4) is 0 Å². The summed E-state index contributed by atoms with van der Waals surface area (Å²) in [7, 11) is -3.61. The largest absolute Gasteiger partial charge is 0.368 e. The number of aryl methyl sites for hydroxylation is 1. The summed E-state index contributed by atoms with van der Waals surface area (Å²) < 4.78 is 27.9. The molecule has 9 nitrogen and oxygen atoms in total. The molecule has 0 spiro atoms. The van der Waals surface area contributed by atoms with E-state index in [4.69, 9.17) is 5.73 Å². The summed E-state index contributed by atoms with van der Waals surface area (Å²) >= 11 is 0. The summed E-state index contributed by atoms with van der Waals surface area (Å²) in [6.45, 7) is 4.77. The predicted octanol–water partition coefficient (Wildman–Crippen LogP) is 2.27. The average molecular weight is 495 g/mol. The van der Waals surface area contributed by atoms with Crippen LogP contribution in [-0.2, 0) is 14.8 Å². The molecule has 184 valence electrons. The Morgan fingerprint density at radius 3 is 2.29 bits per heavy atom. The van der Waals surface area contributed by atoms with Crippen LogP contribution in [0.4, 0.5) is 11.8 Å². The minimum Gasteiger partial charge on any atom is -0.368 e. The van der Waals surface area contributed by atoms with Crippen molar-refractivity contribution in [1.82, 2.24) is 19.2 Å². The third-order valence-electron chi connectivity index (χ3n) is 6.94. The van der Waals surface area contributed by atoms with Crippen molar-refractivity contribution in [3.63, 3.8) is 0 Å². The van der Waals surface area contributed by atoms with Gasteiger partial charge < -0.3 is 15.5 Å². The normalized spacial score (nSPS) is 18.2. The number of fused-ring (bicyclic) bond motifs is 1. The number of piperidine rings is 1. The van der Waals surface area contributed by atoms with E-state index in [2.05, 4.69) is 14.9 Å². The molecule has 5 rings (SSSR count). The van der Waals surface area contributed by atoms with Crippen LogP contribution in [0.25, 0.3) is 10.8 Å². The van der Waals surface area contributed by atoms with E-state index in [0.717, 1.165) is 48.2 Å². The molecule has 3 aromatic rings. The van der Waals surface area contributed by atoms with Crippen molar-refractivity contribution in [2.24, 2.45) is 5.92 Å². The Morgan fingerprint density at radius 2 is 1.60 bits per heavy atom. The van der Waals surface area contributed by atoms with Gasteiger partial charge in [-0.1, -0.05) is 30.3 Å². The lowest BCUT2D eigenvalue weighted by Gasteiger charge is -2.38. The maximum absolute atomic E-state index is 13.2. The number of rotatable bonds is 4. The zero-order valence-corrected chi connectivity index (χ0v) is 20.6. The van der Waals surface area contributed by atoms with Crippen LogP contribution in [0, 0.1) is 12.8 Å². The highest BCUT2D eigenvalue weighted by Crippen LogP contribution is 2.26. The second-order valence-corrected chi connectivity index (χ2v) is 11.2. The molecule has 2 aliphatic heterocycles. The third-order valence-corrected chi connectivity index (χ3v) is 8.83. The zero-order chi connectivity index (χ0) is 24.6. The molecule has 0 radical (unpaired) electrons. The Labute approximate surface area is 205 Å². The maximum atomic E-state index is 13.2. The van der Waals surface area contributed by atoms with Crippen LogP contribution in [0.2, 0.25) is 0 Å². The molecule has 1 aromatic heterocycles. The predicted molar refractivity (Wildman–Crippen MR) is 135 cm³/mol. The number of sulfonamides is 1. The van der Waals surface area contributed by atoms with Gasteiger partial charge in [0.05, 0.1) is 4.90 Å². The van der Waals surface area contributed by atoms with Crippen LogP contribution in [0.3, 0.4) is 0 Å². The second-order valence-electron chi connectivity index (χ2n) is 9.23. The molecule has 2 aromatic carbocycles. The van der Waals surface area contributed by atoms with Gasteiger partial charge in [0, 0.05) is 56.9 Å². The van der Waals surface area contributed by atoms with Crippen molar-refractivity contribution in [2.75, 3.05) is 49.9 Å². The fourth-order valence-electron chi connectivity index (χ4n) is 4.98. The number of carbonyl (C=O) groups excluding carboxylic acids is 1. The van der Waals surface area contributed by atoms with Gasteiger partial charge in [-0.05, 0) is 42.7 Å². The minimum absolute atomic E-state index is 0.0600. The zero-order valence-electron chi connectivity index (χ0n) is 19.8. The molecule has 3 heterocycles. The van der Waals surface area contributed by atoms with Crippen molar-refractivity contribution < 1.29 is 13.2 Å². The molecule has 0 aliphatic carbocycles. The molecule has 0 unspecified atom stereocenters. The highest BCUT2D eigenvalue weighted by molar-refractivity contribution is 7.89. The second kappa shape index (κ2) is 9.43. The average Bonchev–Trinajstić information content (AvgIpc) is 2.87. The Bertz CT molecular complexity index is 1330. The van der Waals surface area contributed by atoms with Gasteiger partial charge in [0.15, 0.2) is 0 Å². The van der Waals surface area contributed by atoms with Crippen molar-refractivity contribution in [3.05, 3.63) is 54.2 Å². The maximum Gasteiger partial charge on any atom is 0.243 e. The molecule has 2 saturated heterocycles. The SMILES string of the molecule is Cc1cc(N2CCC(C(=O)N3CCN(S(=O)(=O)c4ccc5ccccc5c4)CC3)CC2)nc(N)n1. The van der Waals surface area contributed by atoms with Gasteiger partial charge in [-0.2, -0.15) is 9.29 Å². The molecule has 35 heavy (non-hydrogen) atoms. The lowest BCUT2D eigenvalue weighted by atomic mass is 9.95. The van der Waals surface area contributed by atoms with E-state index in [0.29, 0.717) is 31.1 Å². The van der Waals surface area contributed by atoms with Crippen molar-refractivity contribution in [2.45, 2.75) is 24.7 Å². The Morgan fingerprint density at radius 1 is 0.914 bits per heavy atom. The number of nitrogens with zero attached hydrogens (tertiary/aromatic N) is 5. The van der Waals surface area contributed by atoms with Crippen LogP contribution >= 0.6 is 0 Å². The quantitative estimate of drug-likeness (QED) is 0.592. The van der Waals surface area contributed by atoms with Crippen LogP contribution in [0.1, 0.15) is 18.5 Å². The fraction of sp³-hybridized carbons (Fsp3) is 0.400. The van der Waals surface area contributed by atoms with Gasteiger partial charge in [0.2, 0.25) is 21.9 Å². The van der Waals surface area contributed by atoms with Gasteiger partial charge in [-0.25, -0.2) is 13.4 Å². The number of hydrogen-bond acceptors (Lipinski definition) is 7. The van der Waals surface area contributed by atoms with E-state index in [1.54, 1.807) is 12.1 Å². The number of benzene rings is 2. The monoisotopic (exact) mass is 494 g/mol. The lowest BCUT2D eigenvalue weighted by molar-refractivity contribution is -0.137. The molecular weight excluding hydrogens is 464 g/mol. The smallest absolute Gasteiger partial charge is 0.243 e. The van der Waals surface area contributed by atoms with Crippen molar-refractivity contribution in [1.29, 1.82) is 0 Å². The molecule has 0 saturated carbocycles. The van der Waals surface area contributed by atoms with E-state index >= 15 is 0 Å². The van der Waals surface area contributed by atoms with Gasteiger partial charge in [-0.15, -0.1) is 0 Å². The first-order valence-corrected chi connectivity index (χ1v) is 13.4. The first-order valence-electron chi connectivity index (χ1n) is 11.9. The molecule has 2 fully saturated rings.